The van der Waals surface area contributed by atoms with Crippen LogP contribution in [0.3, 0.4) is 0 Å². The Morgan fingerprint density at radius 2 is 1.83 bits per heavy atom. The van der Waals surface area contributed by atoms with Crippen LogP contribution in [0, 0.1) is 25.5 Å². The number of hydrogen-bond donors (Lipinski definition) is 0. The number of carbonyl (C=O) groups is 1. The molecule has 1 heterocycles. The molecule has 0 aliphatic carbocycles. The average molecular weight is 395 g/mol. The summed E-state index contributed by atoms with van der Waals surface area (Å²) in [5.41, 5.74) is 3.52. The fourth-order valence-corrected chi connectivity index (χ4v) is 3.27. The highest BCUT2D eigenvalue weighted by molar-refractivity contribution is 5.79. The summed E-state index contributed by atoms with van der Waals surface area (Å²) < 4.78 is 28.9. The van der Waals surface area contributed by atoms with Gasteiger partial charge in [-0.3, -0.25) is 4.79 Å². The molecule has 0 N–H and O–H groups in total. The van der Waals surface area contributed by atoms with Gasteiger partial charge in [0.05, 0.1) is 17.8 Å². The molecule has 150 valence electrons. The van der Waals surface area contributed by atoms with Crippen LogP contribution in [0.2, 0.25) is 0 Å². The van der Waals surface area contributed by atoms with Crippen LogP contribution in [0.1, 0.15) is 22.5 Å². The number of amides is 1. The Balaban J connectivity index is 1.83. The standard InChI is InChI=1S/C23H23F2N3O/c1-4-13-27(15-18-7-5-6-8-22(18)25)23(29)14-21-16(2)26-28(17(21)3)20-11-9-19(24)10-12-20/h4-12H,1,13-15H2,2-3H3. The van der Waals surface area contributed by atoms with E-state index in [4.69, 9.17) is 0 Å². The zero-order chi connectivity index (χ0) is 21.0. The highest BCUT2D eigenvalue weighted by atomic mass is 19.1. The van der Waals surface area contributed by atoms with Crippen LogP contribution in [-0.2, 0) is 17.8 Å². The van der Waals surface area contributed by atoms with E-state index >= 15 is 0 Å². The molecular formula is C23H23F2N3O. The minimum Gasteiger partial charge on any atom is -0.334 e. The van der Waals surface area contributed by atoms with Gasteiger partial charge in [0, 0.05) is 29.9 Å². The van der Waals surface area contributed by atoms with Gasteiger partial charge in [0.2, 0.25) is 5.91 Å². The Morgan fingerprint density at radius 1 is 1.14 bits per heavy atom. The van der Waals surface area contributed by atoms with Gasteiger partial charge in [0.15, 0.2) is 0 Å². The zero-order valence-corrected chi connectivity index (χ0v) is 16.5. The fourth-order valence-electron chi connectivity index (χ4n) is 3.27. The monoisotopic (exact) mass is 395 g/mol. The molecule has 0 saturated heterocycles. The lowest BCUT2D eigenvalue weighted by molar-refractivity contribution is -0.130. The maximum Gasteiger partial charge on any atom is 0.227 e. The van der Waals surface area contributed by atoms with Gasteiger partial charge < -0.3 is 4.90 Å². The van der Waals surface area contributed by atoms with E-state index in [0.29, 0.717) is 12.1 Å². The van der Waals surface area contributed by atoms with E-state index in [0.717, 1.165) is 22.6 Å². The zero-order valence-electron chi connectivity index (χ0n) is 16.5. The first kappa shape index (κ1) is 20.5. The number of carbonyl (C=O) groups excluding carboxylic acids is 1. The largest absolute Gasteiger partial charge is 0.334 e. The fraction of sp³-hybridized carbons (Fsp3) is 0.217. The Labute approximate surface area is 169 Å². The maximum atomic E-state index is 14.0. The minimum absolute atomic E-state index is 0.140. The van der Waals surface area contributed by atoms with Crippen LogP contribution in [0.15, 0.2) is 61.2 Å². The summed E-state index contributed by atoms with van der Waals surface area (Å²) in [5, 5.41) is 4.51. The van der Waals surface area contributed by atoms with Gasteiger partial charge in [-0.25, -0.2) is 13.5 Å². The van der Waals surface area contributed by atoms with Crippen molar-refractivity contribution in [1.29, 1.82) is 0 Å². The molecule has 0 unspecified atom stereocenters. The number of rotatable bonds is 7. The number of nitrogens with zero attached hydrogens (tertiary/aromatic N) is 3. The Hall–Kier alpha value is -3.28. The van der Waals surface area contributed by atoms with E-state index in [2.05, 4.69) is 11.7 Å². The van der Waals surface area contributed by atoms with Crippen molar-refractivity contribution in [2.45, 2.75) is 26.8 Å². The molecule has 0 bridgehead atoms. The van der Waals surface area contributed by atoms with Gasteiger partial charge in [0.25, 0.3) is 0 Å². The summed E-state index contributed by atoms with van der Waals surface area (Å²) in [6.07, 6.45) is 1.77. The molecule has 3 aromatic rings. The average Bonchev–Trinajstić information content (AvgIpc) is 2.98. The minimum atomic E-state index is -0.342. The molecule has 2 aromatic carbocycles. The highest BCUT2D eigenvalue weighted by Crippen LogP contribution is 2.20. The second-order valence-electron chi connectivity index (χ2n) is 6.87. The molecule has 0 aliphatic heterocycles. The molecule has 0 spiro atoms. The number of aromatic nitrogens is 2. The van der Waals surface area contributed by atoms with Crippen molar-refractivity contribution in [2.24, 2.45) is 0 Å². The lowest BCUT2D eigenvalue weighted by Crippen LogP contribution is -2.32. The van der Waals surface area contributed by atoms with E-state index in [1.165, 1.54) is 18.2 Å². The quantitative estimate of drug-likeness (QED) is 0.552. The van der Waals surface area contributed by atoms with E-state index in [9.17, 15) is 13.6 Å². The molecular weight excluding hydrogens is 372 g/mol. The summed E-state index contributed by atoms with van der Waals surface area (Å²) in [6.45, 7) is 7.90. The van der Waals surface area contributed by atoms with Crippen molar-refractivity contribution >= 4 is 5.91 Å². The first-order valence-electron chi connectivity index (χ1n) is 9.33. The van der Waals surface area contributed by atoms with Gasteiger partial charge in [-0.2, -0.15) is 5.10 Å². The smallest absolute Gasteiger partial charge is 0.227 e. The summed E-state index contributed by atoms with van der Waals surface area (Å²) in [4.78, 5) is 14.6. The van der Waals surface area contributed by atoms with Gasteiger partial charge in [-0.05, 0) is 44.2 Å². The first-order chi connectivity index (χ1) is 13.9. The van der Waals surface area contributed by atoms with Crippen molar-refractivity contribution in [2.75, 3.05) is 6.54 Å². The van der Waals surface area contributed by atoms with Crippen LogP contribution in [0.4, 0.5) is 8.78 Å². The molecule has 0 radical (unpaired) electrons. The molecule has 0 atom stereocenters. The second kappa shape index (κ2) is 8.82. The van der Waals surface area contributed by atoms with Crippen LogP contribution in [0.5, 0.6) is 0 Å². The van der Waals surface area contributed by atoms with Crippen molar-refractivity contribution in [3.05, 3.63) is 95.3 Å². The Kier molecular flexibility index (Phi) is 6.22. The molecule has 6 heteroatoms. The van der Waals surface area contributed by atoms with Gasteiger partial charge in [0.1, 0.15) is 11.6 Å². The topological polar surface area (TPSA) is 38.1 Å². The van der Waals surface area contributed by atoms with Crippen LogP contribution >= 0.6 is 0 Å². The van der Waals surface area contributed by atoms with Gasteiger partial charge in [-0.15, -0.1) is 6.58 Å². The number of hydrogen-bond acceptors (Lipinski definition) is 2. The van der Waals surface area contributed by atoms with Gasteiger partial charge >= 0.3 is 0 Å². The van der Waals surface area contributed by atoms with E-state index in [-0.39, 0.29) is 30.5 Å². The molecule has 0 aliphatic rings. The predicted molar refractivity (Wildman–Crippen MR) is 109 cm³/mol. The summed E-state index contributed by atoms with van der Waals surface area (Å²) >= 11 is 0. The highest BCUT2D eigenvalue weighted by Gasteiger charge is 2.20. The van der Waals surface area contributed by atoms with Crippen LogP contribution in [0.25, 0.3) is 5.69 Å². The van der Waals surface area contributed by atoms with E-state index < -0.39 is 0 Å². The van der Waals surface area contributed by atoms with E-state index in [1.54, 1.807) is 46.0 Å². The summed E-state index contributed by atoms with van der Waals surface area (Å²) in [7, 11) is 0. The first-order valence-corrected chi connectivity index (χ1v) is 9.33. The SMILES string of the molecule is C=CCN(Cc1ccccc1F)C(=O)Cc1c(C)nn(-c2ccc(F)cc2)c1C. The molecule has 29 heavy (non-hydrogen) atoms. The lowest BCUT2D eigenvalue weighted by Gasteiger charge is -2.22. The summed E-state index contributed by atoms with van der Waals surface area (Å²) in [5.74, 6) is -0.803. The summed E-state index contributed by atoms with van der Waals surface area (Å²) in [6, 6.07) is 12.4. The van der Waals surface area contributed by atoms with Crippen molar-refractivity contribution in [1.82, 2.24) is 14.7 Å². The normalized spacial score (nSPS) is 10.8. The molecule has 1 amide bonds. The van der Waals surface area contributed by atoms with Crippen LogP contribution in [-0.4, -0.2) is 27.1 Å². The Bertz CT molecular complexity index is 1030. The third-order valence-corrected chi connectivity index (χ3v) is 4.86. The molecule has 4 nitrogen and oxygen atoms in total. The number of aryl methyl sites for hydroxylation is 1. The second-order valence-corrected chi connectivity index (χ2v) is 6.87. The maximum absolute atomic E-state index is 14.0. The van der Waals surface area contributed by atoms with E-state index in [1.807, 2.05) is 13.8 Å². The molecule has 1 aromatic heterocycles. The lowest BCUT2D eigenvalue weighted by atomic mass is 10.1. The number of halogens is 2. The van der Waals surface area contributed by atoms with Crippen molar-refractivity contribution in [3.8, 4) is 5.69 Å². The van der Waals surface area contributed by atoms with Crippen LogP contribution < -0.4 is 0 Å². The Morgan fingerprint density at radius 3 is 2.48 bits per heavy atom. The third kappa shape index (κ3) is 4.59. The van der Waals surface area contributed by atoms with Crippen molar-refractivity contribution in [3.63, 3.8) is 0 Å². The van der Waals surface area contributed by atoms with Crippen molar-refractivity contribution < 1.29 is 13.6 Å². The predicted octanol–water partition coefficient (Wildman–Crippen LogP) is 4.52. The number of benzene rings is 2. The third-order valence-electron chi connectivity index (χ3n) is 4.86. The van der Waals surface area contributed by atoms with Gasteiger partial charge in [-0.1, -0.05) is 24.3 Å². The molecule has 0 fully saturated rings. The molecule has 0 saturated carbocycles. The molecule has 3 rings (SSSR count).